The molecule has 2 unspecified atom stereocenters. The van der Waals surface area contributed by atoms with E-state index in [1.165, 1.54) is 12.1 Å². The number of nitrogens with zero attached hydrogens (tertiary/aromatic N) is 1. The summed E-state index contributed by atoms with van der Waals surface area (Å²) in [6.45, 7) is 1.37. The highest BCUT2D eigenvalue weighted by Crippen LogP contribution is 2.27. The third kappa shape index (κ3) is 5.94. The van der Waals surface area contributed by atoms with Gasteiger partial charge in [-0.25, -0.2) is 4.39 Å². The fourth-order valence-corrected chi connectivity index (χ4v) is 5.41. The number of piperidine rings is 1. The summed E-state index contributed by atoms with van der Waals surface area (Å²) in [4.78, 5) is 13.4. The minimum Gasteiger partial charge on any atom is -0.475 e. The lowest BCUT2D eigenvalue weighted by atomic mass is 9.92. The molecule has 8 nitrogen and oxygen atoms in total. The number of hydrogen-bond acceptors (Lipinski definition) is 5. The van der Waals surface area contributed by atoms with Crippen LogP contribution in [0, 0.1) is 17.1 Å². The van der Waals surface area contributed by atoms with Crippen LogP contribution in [0.25, 0.3) is 10.9 Å². The van der Waals surface area contributed by atoms with Crippen LogP contribution in [0.1, 0.15) is 54.6 Å². The molecule has 0 radical (unpaired) electrons. The van der Waals surface area contributed by atoms with Crippen molar-refractivity contribution in [2.75, 3.05) is 6.54 Å². The number of nitrogens with one attached hydrogen (secondary N) is 3. The summed E-state index contributed by atoms with van der Waals surface area (Å²) in [6.07, 6.45) is 5.19. The van der Waals surface area contributed by atoms with Crippen LogP contribution in [0.5, 0.6) is 5.75 Å². The molecule has 9 heteroatoms. The van der Waals surface area contributed by atoms with E-state index >= 15 is 0 Å². The molecular weight excluding hydrogens is 471 g/mol. The first-order chi connectivity index (χ1) is 17.9. The van der Waals surface area contributed by atoms with Crippen LogP contribution >= 0.6 is 0 Å². The zero-order valence-electron chi connectivity index (χ0n) is 20.9. The zero-order chi connectivity index (χ0) is 25.9. The summed E-state index contributed by atoms with van der Waals surface area (Å²) >= 11 is 0. The number of carbonyl (C=O) groups is 1. The van der Waals surface area contributed by atoms with Gasteiger partial charge in [-0.05, 0) is 80.8 Å². The third-order valence-electron chi connectivity index (χ3n) is 7.56. The lowest BCUT2D eigenvalue weighted by molar-refractivity contribution is 0.0907. The second-order valence-electron chi connectivity index (χ2n) is 10.3. The van der Waals surface area contributed by atoms with Gasteiger partial charge in [0.2, 0.25) is 0 Å². The number of benzene rings is 2. The molecule has 2 aromatic carbocycles. The van der Waals surface area contributed by atoms with Crippen molar-refractivity contribution in [2.24, 2.45) is 17.4 Å². The summed E-state index contributed by atoms with van der Waals surface area (Å²) in [5.74, 6) is 0.543. The van der Waals surface area contributed by atoms with Gasteiger partial charge in [-0.2, -0.15) is 0 Å². The maximum absolute atomic E-state index is 13.4. The molecule has 2 heterocycles. The Morgan fingerprint density at radius 1 is 1.08 bits per heavy atom. The molecule has 37 heavy (non-hydrogen) atoms. The Morgan fingerprint density at radius 3 is 2.51 bits per heavy atom. The molecule has 2 aliphatic rings. The molecule has 1 saturated carbocycles. The van der Waals surface area contributed by atoms with Gasteiger partial charge in [0.1, 0.15) is 29.3 Å². The Bertz CT molecular complexity index is 1260. The smallest absolute Gasteiger partial charge is 0.268 e. The molecule has 196 valence electrons. The van der Waals surface area contributed by atoms with E-state index in [-0.39, 0.29) is 41.8 Å². The number of nitrogens with two attached hydrogens (primary N) is 2. The minimum absolute atomic E-state index is 0.000636. The van der Waals surface area contributed by atoms with Gasteiger partial charge in [0.05, 0.1) is 0 Å². The van der Waals surface area contributed by atoms with E-state index in [1.54, 1.807) is 12.1 Å². The molecule has 0 bridgehead atoms. The molecule has 2 atom stereocenters. The van der Waals surface area contributed by atoms with Gasteiger partial charge in [-0.15, -0.1) is 0 Å². The Hall–Kier alpha value is -3.43. The van der Waals surface area contributed by atoms with E-state index in [9.17, 15) is 9.18 Å². The van der Waals surface area contributed by atoms with Crippen molar-refractivity contribution < 1.29 is 13.9 Å². The number of carbonyl (C=O) groups excluding carboxylic acids is 1. The third-order valence-corrected chi connectivity index (χ3v) is 7.56. The predicted octanol–water partition coefficient (Wildman–Crippen LogP) is 3.47. The molecule has 0 spiro atoms. The molecule has 2 fully saturated rings. The fraction of sp³-hybridized carbons (Fsp3) is 0.429. The summed E-state index contributed by atoms with van der Waals surface area (Å²) in [6, 6.07) is 14.0. The standard InChI is InChI=1S/C28H35FN6O2/c29-20-4-10-23(11-5-20)37-26-12-1-17(15-33-26)16-35-24-14-19(27(31)32)3-2-18(24)13-25(35)28(36)34-22-8-6-21(30)7-9-22/h2-5,10-11,13-14,17,21-22,26,33H,1,6-9,12,15-16,30H2,(H3,31,32)(H,34,36). The van der Waals surface area contributed by atoms with Crippen molar-refractivity contribution in [3.8, 4) is 5.75 Å². The number of aromatic nitrogens is 1. The van der Waals surface area contributed by atoms with Crippen LogP contribution < -0.4 is 26.8 Å². The SMILES string of the molecule is N=C(N)c1ccc2cc(C(=O)NC3CCC(N)CC3)n(CC3CCC(Oc4ccc(F)cc4)NC3)c2c1. The van der Waals surface area contributed by atoms with Crippen molar-refractivity contribution in [2.45, 2.75) is 63.4 Å². The zero-order valence-corrected chi connectivity index (χ0v) is 20.9. The number of ether oxygens (including phenoxy) is 1. The average molecular weight is 507 g/mol. The van der Waals surface area contributed by atoms with Crippen molar-refractivity contribution in [3.63, 3.8) is 0 Å². The number of rotatable bonds is 7. The maximum atomic E-state index is 13.4. The van der Waals surface area contributed by atoms with Gasteiger partial charge in [0.25, 0.3) is 5.91 Å². The van der Waals surface area contributed by atoms with Crippen molar-refractivity contribution in [1.29, 1.82) is 5.41 Å². The summed E-state index contributed by atoms with van der Waals surface area (Å²) in [5.41, 5.74) is 14.0. The van der Waals surface area contributed by atoms with Gasteiger partial charge in [-0.1, -0.05) is 12.1 Å². The second kappa shape index (κ2) is 10.9. The molecule has 1 aliphatic heterocycles. The topological polar surface area (TPSA) is 131 Å². The Kier molecular flexibility index (Phi) is 7.43. The number of nitrogen functional groups attached to an aromatic ring is 1. The average Bonchev–Trinajstić information content (AvgIpc) is 3.25. The van der Waals surface area contributed by atoms with Gasteiger partial charge < -0.3 is 26.1 Å². The molecule has 1 amide bonds. The molecule has 7 N–H and O–H groups in total. The summed E-state index contributed by atoms with van der Waals surface area (Å²) < 4.78 is 21.2. The first-order valence-corrected chi connectivity index (χ1v) is 13.1. The van der Waals surface area contributed by atoms with Crippen LogP contribution in [-0.2, 0) is 6.54 Å². The predicted molar refractivity (Wildman–Crippen MR) is 142 cm³/mol. The van der Waals surface area contributed by atoms with E-state index in [1.807, 2.05) is 24.3 Å². The first-order valence-electron chi connectivity index (χ1n) is 13.1. The number of hydrogen-bond donors (Lipinski definition) is 5. The Balaban J connectivity index is 1.32. The number of halogens is 1. The number of fused-ring (bicyclic) bond motifs is 1. The second-order valence-corrected chi connectivity index (χ2v) is 10.3. The van der Waals surface area contributed by atoms with E-state index in [0.717, 1.165) is 56.0 Å². The number of amides is 1. The fourth-order valence-electron chi connectivity index (χ4n) is 5.41. The highest BCUT2D eigenvalue weighted by atomic mass is 19.1. The summed E-state index contributed by atoms with van der Waals surface area (Å²) in [5, 5.41) is 15.5. The normalized spacial score (nSPS) is 24.1. The van der Waals surface area contributed by atoms with Crippen LogP contribution in [0.4, 0.5) is 4.39 Å². The van der Waals surface area contributed by atoms with Crippen LogP contribution in [0.3, 0.4) is 0 Å². The van der Waals surface area contributed by atoms with E-state index in [0.29, 0.717) is 23.6 Å². The quantitative estimate of drug-likeness (QED) is 0.247. The van der Waals surface area contributed by atoms with Gasteiger partial charge in [0, 0.05) is 41.6 Å². The van der Waals surface area contributed by atoms with Crippen molar-refractivity contribution >= 4 is 22.6 Å². The van der Waals surface area contributed by atoms with E-state index in [4.69, 9.17) is 21.6 Å². The molecular formula is C28H35FN6O2. The minimum atomic E-state index is -0.289. The van der Waals surface area contributed by atoms with Crippen LogP contribution in [0.15, 0.2) is 48.5 Å². The summed E-state index contributed by atoms with van der Waals surface area (Å²) in [7, 11) is 0. The highest BCUT2D eigenvalue weighted by molar-refractivity contribution is 6.02. The van der Waals surface area contributed by atoms with Crippen molar-refractivity contribution in [1.82, 2.24) is 15.2 Å². The monoisotopic (exact) mass is 506 g/mol. The first kappa shape index (κ1) is 25.2. The molecule has 3 aromatic rings. The van der Waals surface area contributed by atoms with E-state index < -0.39 is 0 Å². The van der Waals surface area contributed by atoms with Gasteiger partial charge >= 0.3 is 0 Å². The van der Waals surface area contributed by atoms with Crippen LogP contribution in [-0.4, -0.2) is 41.2 Å². The Labute approximate surface area is 216 Å². The molecule has 5 rings (SSSR count). The van der Waals surface area contributed by atoms with Crippen LogP contribution in [0.2, 0.25) is 0 Å². The molecule has 1 aromatic heterocycles. The number of amidine groups is 1. The van der Waals surface area contributed by atoms with Gasteiger partial charge in [0.15, 0.2) is 0 Å². The van der Waals surface area contributed by atoms with E-state index in [2.05, 4.69) is 15.2 Å². The largest absolute Gasteiger partial charge is 0.475 e. The lowest BCUT2D eigenvalue weighted by Crippen LogP contribution is -2.44. The van der Waals surface area contributed by atoms with Gasteiger partial charge in [-0.3, -0.25) is 15.5 Å². The molecule has 1 aliphatic carbocycles. The van der Waals surface area contributed by atoms with Crippen molar-refractivity contribution in [3.05, 3.63) is 65.6 Å². The molecule has 1 saturated heterocycles. The Morgan fingerprint density at radius 2 is 1.84 bits per heavy atom. The highest BCUT2D eigenvalue weighted by Gasteiger charge is 2.26. The maximum Gasteiger partial charge on any atom is 0.268 e. The lowest BCUT2D eigenvalue weighted by Gasteiger charge is -2.31.